The van der Waals surface area contributed by atoms with Gasteiger partial charge in [-0.1, -0.05) is 13.8 Å². The van der Waals surface area contributed by atoms with Gasteiger partial charge in [0.05, 0.1) is 0 Å². The Hall–Kier alpha value is -2.89. The van der Waals surface area contributed by atoms with Gasteiger partial charge in [0.15, 0.2) is 11.3 Å². The number of ether oxygens (including phenoxy) is 1. The topological polar surface area (TPSA) is 100 Å². The number of hydrogen-bond donors (Lipinski definition) is 3. The maximum absolute atomic E-state index is 12.8. The Kier molecular flexibility index (Phi) is 2.66. The lowest BCUT2D eigenvalue weighted by atomic mass is 9.81. The molecule has 0 fully saturated rings. The normalized spacial score (nSPS) is 18.7. The van der Waals surface area contributed by atoms with Gasteiger partial charge < -0.3 is 24.5 Å². The van der Waals surface area contributed by atoms with Crippen LogP contribution in [0.2, 0.25) is 0 Å². The fourth-order valence-corrected chi connectivity index (χ4v) is 3.30. The predicted octanol–water partition coefficient (Wildman–Crippen LogP) is 3.12. The summed E-state index contributed by atoms with van der Waals surface area (Å²) in [7, 11) is 0. The number of benzene rings is 2. The van der Waals surface area contributed by atoms with E-state index in [0.717, 1.165) is 0 Å². The molecule has 1 atom stereocenters. The van der Waals surface area contributed by atoms with Gasteiger partial charge in [0, 0.05) is 17.0 Å². The first-order valence-electron chi connectivity index (χ1n) is 7.58. The Bertz CT molecular complexity index is 1080. The van der Waals surface area contributed by atoms with Gasteiger partial charge in [-0.05, 0) is 19.1 Å². The van der Waals surface area contributed by atoms with Crippen molar-refractivity contribution in [3.05, 3.63) is 34.0 Å². The van der Waals surface area contributed by atoms with E-state index in [4.69, 9.17) is 9.15 Å². The lowest BCUT2D eigenvalue weighted by molar-refractivity contribution is 0.185. The van der Waals surface area contributed by atoms with Gasteiger partial charge in [0.25, 0.3) is 0 Å². The monoisotopic (exact) mass is 328 g/mol. The summed E-state index contributed by atoms with van der Waals surface area (Å²) >= 11 is 0. The summed E-state index contributed by atoms with van der Waals surface area (Å²) < 4.78 is 11.6. The molecule has 0 radical (unpaired) electrons. The molecule has 0 amide bonds. The molecule has 1 aliphatic rings. The first kappa shape index (κ1) is 14.7. The molecule has 0 spiro atoms. The lowest BCUT2D eigenvalue weighted by Gasteiger charge is -2.22. The number of fused-ring (bicyclic) bond motifs is 4. The molecule has 3 N–H and O–H groups in total. The van der Waals surface area contributed by atoms with Crippen LogP contribution < -0.4 is 10.2 Å². The number of hydrogen-bond acceptors (Lipinski definition) is 6. The zero-order chi connectivity index (χ0) is 17.4. The Morgan fingerprint density at radius 1 is 1.00 bits per heavy atom. The van der Waals surface area contributed by atoms with Crippen molar-refractivity contribution in [2.75, 3.05) is 0 Å². The van der Waals surface area contributed by atoms with Crippen molar-refractivity contribution in [2.24, 2.45) is 0 Å². The molecule has 4 rings (SSSR count). The molecular weight excluding hydrogens is 312 g/mol. The maximum atomic E-state index is 12.8. The molecule has 6 nitrogen and oxygen atoms in total. The highest BCUT2D eigenvalue weighted by Crippen LogP contribution is 2.49. The van der Waals surface area contributed by atoms with Crippen LogP contribution >= 0.6 is 0 Å². The summed E-state index contributed by atoms with van der Waals surface area (Å²) in [6.07, 6.45) is -0.184. The van der Waals surface area contributed by atoms with E-state index in [9.17, 15) is 20.1 Å². The van der Waals surface area contributed by atoms with E-state index in [0.29, 0.717) is 11.3 Å². The summed E-state index contributed by atoms with van der Waals surface area (Å²) in [6, 6.07) is 3.85. The van der Waals surface area contributed by atoms with E-state index in [-0.39, 0.29) is 45.3 Å². The van der Waals surface area contributed by atoms with Gasteiger partial charge in [-0.3, -0.25) is 4.79 Å². The van der Waals surface area contributed by atoms with Gasteiger partial charge >= 0.3 is 0 Å². The average molecular weight is 328 g/mol. The van der Waals surface area contributed by atoms with Gasteiger partial charge in [-0.15, -0.1) is 0 Å². The summed E-state index contributed by atoms with van der Waals surface area (Å²) in [5.41, 5.74) is -0.356. The van der Waals surface area contributed by atoms with Crippen molar-refractivity contribution >= 4 is 21.9 Å². The molecular formula is C18H16O6. The summed E-state index contributed by atoms with van der Waals surface area (Å²) in [4.78, 5) is 12.8. The molecule has 3 aromatic rings. The number of phenols is 3. The van der Waals surface area contributed by atoms with Crippen LogP contribution in [0.15, 0.2) is 27.4 Å². The van der Waals surface area contributed by atoms with Gasteiger partial charge in [-0.25, -0.2) is 0 Å². The first-order chi connectivity index (χ1) is 11.2. The van der Waals surface area contributed by atoms with Gasteiger partial charge in [0.1, 0.15) is 39.7 Å². The average Bonchev–Trinajstić information content (AvgIpc) is 2.72. The Morgan fingerprint density at radius 3 is 2.33 bits per heavy atom. The van der Waals surface area contributed by atoms with Crippen LogP contribution in [0.4, 0.5) is 0 Å². The van der Waals surface area contributed by atoms with Crippen LogP contribution in [-0.4, -0.2) is 21.4 Å². The minimum Gasteiger partial charge on any atom is -0.507 e. The largest absolute Gasteiger partial charge is 0.507 e. The summed E-state index contributed by atoms with van der Waals surface area (Å²) in [6.45, 7) is 5.80. The standard InChI is InChI=1S/C18H16O6/c1-7-18(2,3)14-11(23-7)6-10(21)13-15(22)12-8(19)4-5-9(20)16(12)24-17(13)14/h4-7,19-21H,1-3H3. The van der Waals surface area contributed by atoms with Crippen molar-refractivity contribution in [3.8, 4) is 23.0 Å². The summed E-state index contributed by atoms with van der Waals surface area (Å²) in [5, 5.41) is 30.1. The lowest BCUT2D eigenvalue weighted by Crippen LogP contribution is -2.29. The zero-order valence-electron chi connectivity index (χ0n) is 13.4. The molecule has 0 saturated carbocycles. The second kappa shape index (κ2) is 4.35. The minimum absolute atomic E-state index is 0.0343. The molecule has 0 bridgehead atoms. The fraction of sp³-hybridized carbons (Fsp3) is 0.278. The van der Waals surface area contributed by atoms with Crippen LogP contribution in [0, 0.1) is 0 Å². The molecule has 0 aliphatic carbocycles. The maximum Gasteiger partial charge on any atom is 0.208 e. The molecule has 0 saturated heterocycles. The van der Waals surface area contributed by atoms with E-state index in [1.54, 1.807) is 0 Å². The van der Waals surface area contributed by atoms with Crippen LogP contribution in [0.1, 0.15) is 26.3 Å². The number of rotatable bonds is 0. The van der Waals surface area contributed by atoms with Crippen molar-refractivity contribution in [3.63, 3.8) is 0 Å². The molecule has 1 aromatic heterocycles. The minimum atomic E-state index is -0.602. The highest BCUT2D eigenvalue weighted by molar-refractivity contribution is 6.00. The molecule has 1 aliphatic heterocycles. The molecule has 6 heteroatoms. The van der Waals surface area contributed by atoms with E-state index in [1.165, 1.54) is 18.2 Å². The van der Waals surface area contributed by atoms with Crippen LogP contribution in [-0.2, 0) is 5.41 Å². The van der Waals surface area contributed by atoms with Gasteiger partial charge in [-0.2, -0.15) is 0 Å². The van der Waals surface area contributed by atoms with E-state index < -0.39 is 10.8 Å². The Morgan fingerprint density at radius 2 is 1.62 bits per heavy atom. The van der Waals surface area contributed by atoms with Gasteiger partial charge in [0.2, 0.25) is 5.43 Å². The predicted molar refractivity (Wildman–Crippen MR) is 88.1 cm³/mol. The van der Waals surface area contributed by atoms with Crippen LogP contribution in [0.3, 0.4) is 0 Å². The Labute approximate surface area is 136 Å². The second-order valence-electron chi connectivity index (χ2n) is 6.69. The molecule has 1 unspecified atom stereocenters. The highest BCUT2D eigenvalue weighted by atomic mass is 16.5. The van der Waals surface area contributed by atoms with Crippen molar-refractivity contribution in [2.45, 2.75) is 32.3 Å². The quantitative estimate of drug-likeness (QED) is 0.433. The van der Waals surface area contributed by atoms with E-state index in [1.807, 2.05) is 20.8 Å². The molecule has 124 valence electrons. The molecule has 2 heterocycles. The highest BCUT2D eigenvalue weighted by Gasteiger charge is 2.42. The third kappa shape index (κ3) is 1.62. The second-order valence-corrected chi connectivity index (χ2v) is 6.69. The third-order valence-corrected chi connectivity index (χ3v) is 4.96. The third-order valence-electron chi connectivity index (χ3n) is 4.96. The van der Waals surface area contributed by atoms with Crippen molar-refractivity contribution < 1.29 is 24.5 Å². The van der Waals surface area contributed by atoms with Crippen molar-refractivity contribution in [1.29, 1.82) is 0 Å². The summed E-state index contributed by atoms with van der Waals surface area (Å²) in [5.74, 6) is -0.419. The zero-order valence-corrected chi connectivity index (χ0v) is 13.4. The smallest absolute Gasteiger partial charge is 0.208 e. The van der Waals surface area contributed by atoms with Crippen molar-refractivity contribution in [1.82, 2.24) is 0 Å². The number of aromatic hydroxyl groups is 3. The molecule has 24 heavy (non-hydrogen) atoms. The molecule has 2 aromatic carbocycles. The first-order valence-corrected chi connectivity index (χ1v) is 7.58. The van der Waals surface area contributed by atoms with Crippen LogP contribution in [0.5, 0.6) is 23.0 Å². The van der Waals surface area contributed by atoms with Crippen LogP contribution in [0.25, 0.3) is 21.9 Å². The fourth-order valence-electron chi connectivity index (χ4n) is 3.30. The number of phenolic OH excluding ortho intramolecular Hbond substituents is 3. The Balaban J connectivity index is 2.31. The SMILES string of the molecule is CC1Oc2cc(O)c3c(=O)c4c(O)ccc(O)c4oc3c2C1(C)C. The van der Waals surface area contributed by atoms with E-state index in [2.05, 4.69) is 0 Å². The van der Waals surface area contributed by atoms with E-state index >= 15 is 0 Å².